The van der Waals surface area contributed by atoms with Gasteiger partial charge in [0.25, 0.3) is 11.6 Å². The summed E-state index contributed by atoms with van der Waals surface area (Å²) in [6, 6.07) is 4.04. The lowest BCUT2D eigenvalue weighted by Gasteiger charge is -2.11. The number of carbonyl (C=O) groups is 1. The number of nitrogens with one attached hydrogen (secondary N) is 2. The van der Waals surface area contributed by atoms with Crippen molar-refractivity contribution in [2.24, 2.45) is 11.8 Å². The predicted octanol–water partition coefficient (Wildman–Crippen LogP) is 1.61. The van der Waals surface area contributed by atoms with E-state index in [1.807, 2.05) is 13.2 Å². The number of nitrogens with two attached hydrogens (primary N) is 1. The van der Waals surface area contributed by atoms with Crippen LogP contribution in [0.1, 0.15) is 17.3 Å². The number of carbonyl (C=O) groups excluding carboxylic acids is 1. The number of hydrogen-bond acceptors (Lipinski definition) is 6. The molecule has 1 unspecified atom stereocenters. The smallest absolute Gasteiger partial charge is 0.293 e. The molecule has 0 aromatic heterocycles. The molecule has 0 heterocycles. The first-order valence-electron chi connectivity index (χ1n) is 6.01. The van der Waals surface area contributed by atoms with Gasteiger partial charge in [-0.1, -0.05) is 6.92 Å². The van der Waals surface area contributed by atoms with Crippen LogP contribution in [0.2, 0.25) is 0 Å². The van der Waals surface area contributed by atoms with Crippen LogP contribution in [-0.2, 0) is 0 Å². The zero-order valence-corrected chi connectivity index (χ0v) is 12.2. The lowest BCUT2D eigenvalue weighted by molar-refractivity contribution is -0.384. The van der Waals surface area contributed by atoms with Crippen molar-refractivity contribution in [3.8, 4) is 0 Å². The molecule has 0 bridgehead atoms. The summed E-state index contributed by atoms with van der Waals surface area (Å²) >= 11 is 1.72. The maximum atomic E-state index is 11.9. The standard InChI is InChI=1S/C12H18N4O3S/c1-8(7-20-2)6-14-12(17)9-3-4-11(16(18)19)10(5-9)15-13/h3-5,8,15H,6-7,13H2,1-2H3,(H,14,17). The van der Waals surface area contributed by atoms with Gasteiger partial charge in [0.05, 0.1) is 4.92 Å². The normalized spacial score (nSPS) is 11.8. The van der Waals surface area contributed by atoms with E-state index in [4.69, 9.17) is 5.84 Å². The van der Waals surface area contributed by atoms with E-state index in [1.165, 1.54) is 18.2 Å². The van der Waals surface area contributed by atoms with Gasteiger partial charge in [0.15, 0.2) is 0 Å². The third-order valence-corrected chi connectivity index (χ3v) is 3.58. The number of amides is 1. The molecule has 7 nitrogen and oxygen atoms in total. The van der Waals surface area contributed by atoms with Crippen LogP contribution in [0.3, 0.4) is 0 Å². The maximum Gasteiger partial charge on any atom is 0.293 e. The van der Waals surface area contributed by atoms with Crippen LogP contribution in [0.4, 0.5) is 11.4 Å². The number of anilines is 1. The van der Waals surface area contributed by atoms with Gasteiger partial charge < -0.3 is 10.7 Å². The Bertz CT molecular complexity index is 496. The Morgan fingerprint density at radius 3 is 2.80 bits per heavy atom. The first kappa shape index (κ1) is 16.3. The molecule has 1 rings (SSSR count). The van der Waals surface area contributed by atoms with E-state index >= 15 is 0 Å². The molecule has 1 aromatic carbocycles. The summed E-state index contributed by atoms with van der Waals surface area (Å²) in [6.45, 7) is 2.60. The van der Waals surface area contributed by atoms with Crippen molar-refractivity contribution in [1.29, 1.82) is 0 Å². The van der Waals surface area contributed by atoms with Crippen molar-refractivity contribution >= 4 is 29.0 Å². The van der Waals surface area contributed by atoms with Crippen molar-refractivity contribution in [1.82, 2.24) is 5.32 Å². The quantitative estimate of drug-likeness (QED) is 0.401. The molecule has 0 aliphatic rings. The van der Waals surface area contributed by atoms with Crippen molar-refractivity contribution < 1.29 is 9.72 Å². The van der Waals surface area contributed by atoms with E-state index in [-0.39, 0.29) is 17.3 Å². The number of benzene rings is 1. The second-order valence-corrected chi connectivity index (χ2v) is 5.31. The van der Waals surface area contributed by atoms with Gasteiger partial charge in [-0.25, -0.2) is 0 Å². The van der Waals surface area contributed by atoms with E-state index in [1.54, 1.807) is 11.8 Å². The second-order valence-electron chi connectivity index (χ2n) is 4.40. The highest BCUT2D eigenvalue weighted by atomic mass is 32.2. The van der Waals surface area contributed by atoms with Crippen LogP contribution >= 0.6 is 11.8 Å². The molecule has 4 N–H and O–H groups in total. The number of hydrazine groups is 1. The van der Waals surface area contributed by atoms with Gasteiger partial charge >= 0.3 is 0 Å². The fourth-order valence-electron chi connectivity index (χ4n) is 1.66. The average molecular weight is 298 g/mol. The Hall–Kier alpha value is -1.80. The van der Waals surface area contributed by atoms with Gasteiger partial charge in [-0.3, -0.25) is 20.8 Å². The van der Waals surface area contributed by atoms with Crippen molar-refractivity contribution in [2.75, 3.05) is 24.0 Å². The highest BCUT2D eigenvalue weighted by Crippen LogP contribution is 2.24. The van der Waals surface area contributed by atoms with Crippen LogP contribution in [0, 0.1) is 16.0 Å². The van der Waals surface area contributed by atoms with E-state index < -0.39 is 4.92 Å². The zero-order valence-electron chi connectivity index (χ0n) is 11.4. The molecule has 0 saturated heterocycles. The monoisotopic (exact) mass is 298 g/mol. The minimum absolute atomic E-state index is 0.111. The molecule has 0 saturated carbocycles. The molecular formula is C12H18N4O3S. The molecule has 1 aromatic rings. The van der Waals surface area contributed by atoms with E-state index in [0.717, 1.165) is 5.75 Å². The van der Waals surface area contributed by atoms with Gasteiger partial charge in [0.1, 0.15) is 5.69 Å². The van der Waals surface area contributed by atoms with Crippen LogP contribution in [-0.4, -0.2) is 29.4 Å². The SMILES string of the molecule is CSCC(C)CNC(=O)c1ccc([N+](=O)[O-])c(NN)c1. The summed E-state index contributed by atoms with van der Waals surface area (Å²) in [5.41, 5.74) is 2.51. The Balaban J connectivity index is 2.76. The first-order chi connectivity index (χ1) is 9.49. The topological polar surface area (TPSA) is 110 Å². The Labute approximate surface area is 121 Å². The highest BCUT2D eigenvalue weighted by molar-refractivity contribution is 7.98. The number of rotatable bonds is 7. The zero-order chi connectivity index (χ0) is 15.1. The largest absolute Gasteiger partial charge is 0.352 e. The van der Waals surface area contributed by atoms with Gasteiger partial charge in [-0.2, -0.15) is 11.8 Å². The Morgan fingerprint density at radius 2 is 2.25 bits per heavy atom. The number of thioether (sulfide) groups is 1. The second kappa shape index (κ2) is 7.71. The van der Waals surface area contributed by atoms with E-state index in [9.17, 15) is 14.9 Å². The Morgan fingerprint density at radius 1 is 1.55 bits per heavy atom. The van der Waals surface area contributed by atoms with Gasteiger partial charge in [0, 0.05) is 18.2 Å². The lowest BCUT2D eigenvalue weighted by atomic mass is 10.1. The highest BCUT2D eigenvalue weighted by Gasteiger charge is 2.16. The van der Waals surface area contributed by atoms with E-state index in [0.29, 0.717) is 18.0 Å². The van der Waals surface area contributed by atoms with Crippen LogP contribution < -0.4 is 16.6 Å². The molecule has 0 fully saturated rings. The van der Waals surface area contributed by atoms with Gasteiger partial charge in [0.2, 0.25) is 0 Å². The number of nitrogens with zero attached hydrogens (tertiary/aromatic N) is 1. The fourth-order valence-corrected chi connectivity index (χ4v) is 2.35. The summed E-state index contributed by atoms with van der Waals surface area (Å²) in [7, 11) is 0. The van der Waals surface area contributed by atoms with Crippen LogP contribution in [0.15, 0.2) is 18.2 Å². The maximum absolute atomic E-state index is 11.9. The minimum Gasteiger partial charge on any atom is -0.352 e. The third kappa shape index (κ3) is 4.39. The summed E-state index contributed by atoms with van der Waals surface area (Å²) < 4.78 is 0. The number of nitro groups is 1. The molecule has 1 amide bonds. The fraction of sp³-hybridized carbons (Fsp3) is 0.417. The molecule has 110 valence electrons. The summed E-state index contributed by atoms with van der Waals surface area (Å²) in [4.78, 5) is 22.1. The number of hydrogen-bond donors (Lipinski definition) is 3. The van der Waals surface area contributed by atoms with Crippen molar-refractivity contribution in [2.45, 2.75) is 6.92 Å². The number of nitrogen functional groups attached to an aromatic ring is 1. The molecule has 0 aliphatic carbocycles. The van der Waals surface area contributed by atoms with Crippen LogP contribution in [0.5, 0.6) is 0 Å². The number of nitro benzene ring substituents is 1. The molecule has 0 radical (unpaired) electrons. The van der Waals surface area contributed by atoms with Crippen LogP contribution in [0.25, 0.3) is 0 Å². The van der Waals surface area contributed by atoms with Gasteiger partial charge in [-0.15, -0.1) is 0 Å². The third-order valence-electron chi connectivity index (χ3n) is 2.67. The summed E-state index contributed by atoms with van der Waals surface area (Å²) in [5, 5.41) is 13.5. The van der Waals surface area contributed by atoms with Gasteiger partial charge in [-0.05, 0) is 30.1 Å². The summed E-state index contributed by atoms with van der Waals surface area (Å²) in [6.07, 6.45) is 2.01. The average Bonchev–Trinajstić information content (AvgIpc) is 2.44. The lowest BCUT2D eigenvalue weighted by Crippen LogP contribution is -2.29. The molecule has 20 heavy (non-hydrogen) atoms. The molecule has 8 heteroatoms. The molecular weight excluding hydrogens is 280 g/mol. The van der Waals surface area contributed by atoms with E-state index in [2.05, 4.69) is 10.7 Å². The first-order valence-corrected chi connectivity index (χ1v) is 7.41. The summed E-state index contributed by atoms with van der Waals surface area (Å²) in [5.74, 6) is 6.27. The predicted molar refractivity (Wildman–Crippen MR) is 80.8 cm³/mol. The van der Waals surface area contributed by atoms with Crippen molar-refractivity contribution in [3.63, 3.8) is 0 Å². The Kier molecular flexibility index (Phi) is 6.26. The molecule has 1 atom stereocenters. The molecule has 0 aliphatic heterocycles. The van der Waals surface area contributed by atoms with Crippen molar-refractivity contribution in [3.05, 3.63) is 33.9 Å². The molecule has 0 spiro atoms. The minimum atomic E-state index is -0.558.